The number of aromatic nitrogens is 2. The maximum absolute atomic E-state index is 6.30. The van der Waals surface area contributed by atoms with E-state index < -0.39 is 0 Å². The lowest BCUT2D eigenvalue weighted by Gasteiger charge is -2.29. The summed E-state index contributed by atoms with van der Waals surface area (Å²) in [5.41, 5.74) is 10.7. The fourth-order valence-electron chi connectivity index (χ4n) is 4.10. The average molecular weight is 448 g/mol. The number of morpholine rings is 1. The van der Waals surface area contributed by atoms with Crippen LogP contribution in [0.1, 0.15) is 12.8 Å². The number of anilines is 4. The van der Waals surface area contributed by atoms with Gasteiger partial charge in [-0.15, -0.1) is 0 Å². The van der Waals surface area contributed by atoms with Gasteiger partial charge in [0.2, 0.25) is 5.95 Å². The lowest BCUT2D eigenvalue weighted by Crippen LogP contribution is -2.36. The van der Waals surface area contributed by atoms with Crippen LogP contribution in [-0.2, 0) is 9.47 Å². The van der Waals surface area contributed by atoms with Crippen LogP contribution in [0.25, 0.3) is 11.3 Å². The van der Waals surface area contributed by atoms with E-state index >= 15 is 0 Å². The highest BCUT2D eigenvalue weighted by atomic mass is 16.5. The Morgan fingerprint density at radius 2 is 1.79 bits per heavy atom. The Labute approximate surface area is 193 Å². The van der Waals surface area contributed by atoms with E-state index in [0.29, 0.717) is 17.4 Å². The van der Waals surface area contributed by atoms with Gasteiger partial charge in [0.05, 0.1) is 37.8 Å². The lowest BCUT2D eigenvalue weighted by atomic mass is 10.1. The number of benzene rings is 2. The maximum atomic E-state index is 6.30. The summed E-state index contributed by atoms with van der Waals surface area (Å²) in [6, 6.07) is 16.0. The topological polar surface area (TPSA) is 94.8 Å². The van der Waals surface area contributed by atoms with Gasteiger partial charge in [-0.05, 0) is 42.5 Å². The number of ether oxygens (including phenoxy) is 3. The fourth-order valence-corrected chi connectivity index (χ4v) is 4.10. The molecule has 2 aliphatic heterocycles. The van der Waals surface area contributed by atoms with Crippen LogP contribution < -0.4 is 20.7 Å². The standard InChI is InChI=1S/C25H29N5O3/c26-22-16-18(4-5-24(22)33-21-7-12-31-13-8-21)23-6-9-27-25(29-23)28-19-2-1-3-20(17-19)30-10-14-32-15-11-30/h1-6,9,16-17,21H,7-8,10-15,26H2,(H,27,28,29). The molecule has 0 saturated carbocycles. The highest BCUT2D eigenvalue weighted by Gasteiger charge is 2.17. The zero-order chi connectivity index (χ0) is 22.5. The van der Waals surface area contributed by atoms with Crippen molar-refractivity contribution in [2.75, 3.05) is 55.5 Å². The Hall–Kier alpha value is -3.36. The molecule has 0 unspecified atom stereocenters. The Morgan fingerprint density at radius 1 is 0.970 bits per heavy atom. The minimum atomic E-state index is 0.148. The molecule has 0 bridgehead atoms. The van der Waals surface area contributed by atoms with Gasteiger partial charge >= 0.3 is 0 Å². The van der Waals surface area contributed by atoms with Gasteiger partial charge < -0.3 is 30.2 Å². The van der Waals surface area contributed by atoms with Gasteiger partial charge in [-0.3, -0.25) is 0 Å². The zero-order valence-electron chi connectivity index (χ0n) is 18.6. The number of rotatable bonds is 6. The van der Waals surface area contributed by atoms with Crippen molar-refractivity contribution in [2.24, 2.45) is 0 Å². The molecule has 8 nitrogen and oxygen atoms in total. The Bertz CT molecular complexity index is 1080. The summed E-state index contributed by atoms with van der Waals surface area (Å²) < 4.78 is 16.9. The third kappa shape index (κ3) is 5.35. The third-order valence-corrected chi connectivity index (χ3v) is 5.90. The van der Waals surface area contributed by atoms with Crippen LogP contribution in [-0.4, -0.2) is 55.6 Å². The van der Waals surface area contributed by atoms with Crippen LogP contribution in [0.3, 0.4) is 0 Å². The van der Waals surface area contributed by atoms with E-state index in [-0.39, 0.29) is 6.10 Å². The van der Waals surface area contributed by atoms with E-state index in [1.165, 1.54) is 0 Å². The van der Waals surface area contributed by atoms with Crippen molar-refractivity contribution in [1.82, 2.24) is 9.97 Å². The second-order valence-electron chi connectivity index (χ2n) is 8.22. The van der Waals surface area contributed by atoms with Crippen molar-refractivity contribution in [3.8, 4) is 17.0 Å². The minimum absolute atomic E-state index is 0.148. The fraction of sp³-hybridized carbons (Fsp3) is 0.360. The Kier molecular flexibility index (Phi) is 6.55. The molecular weight excluding hydrogens is 418 g/mol. The first-order valence-electron chi connectivity index (χ1n) is 11.4. The van der Waals surface area contributed by atoms with Gasteiger partial charge in [-0.2, -0.15) is 0 Å². The summed E-state index contributed by atoms with van der Waals surface area (Å²) in [7, 11) is 0. The van der Waals surface area contributed by atoms with E-state index in [4.69, 9.17) is 24.9 Å². The Morgan fingerprint density at radius 3 is 2.61 bits per heavy atom. The molecule has 0 atom stereocenters. The van der Waals surface area contributed by atoms with E-state index in [9.17, 15) is 0 Å². The van der Waals surface area contributed by atoms with Gasteiger partial charge in [0.15, 0.2) is 0 Å². The molecule has 0 aliphatic carbocycles. The van der Waals surface area contributed by atoms with Crippen LogP contribution in [0.15, 0.2) is 54.7 Å². The summed E-state index contributed by atoms with van der Waals surface area (Å²) in [6.07, 6.45) is 3.66. The molecule has 172 valence electrons. The first-order chi connectivity index (χ1) is 16.2. The number of nitrogen functional groups attached to an aromatic ring is 1. The molecule has 2 fully saturated rings. The lowest BCUT2D eigenvalue weighted by molar-refractivity contribution is 0.0259. The van der Waals surface area contributed by atoms with Gasteiger partial charge in [-0.1, -0.05) is 6.07 Å². The van der Waals surface area contributed by atoms with Crippen LogP contribution in [0.2, 0.25) is 0 Å². The maximum Gasteiger partial charge on any atom is 0.227 e. The van der Waals surface area contributed by atoms with Crippen molar-refractivity contribution in [3.05, 3.63) is 54.7 Å². The molecule has 33 heavy (non-hydrogen) atoms. The van der Waals surface area contributed by atoms with Crippen molar-refractivity contribution in [1.29, 1.82) is 0 Å². The summed E-state index contributed by atoms with van der Waals surface area (Å²) in [6.45, 7) is 4.76. The molecular formula is C25H29N5O3. The molecule has 0 amide bonds. The SMILES string of the molecule is Nc1cc(-c2ccnc(Nc3cccc(N4CCOCC4)c3)n2)ccc1OC1CCOCC1. The van der Waals surface area contributed by atoms with Crippen LogP contribution in [0.5, 0.6) is 5.75 Å². The van der Waals surface area contributed by atoms with Crippen LogP contribution in [0, 0.1) is 0 Å². The van der Waals surface area contributed by atoms with E-state index in [1.54, 1.807) is 6.20 Å². The van der Waals surface area contributed by atoms with Crippen LogP contribution >= 0.6 is 0 Å². The molecule has 2 aliphatic rings. The van der Waals surface area contributed by atoms with E-state index in [1.807, 2.05) is 36.4 Å². The minimum Gasteiger partial charge on any atom is -0.488 e. The predicted octanol–water partition coefficient (Wildman–Crippen LogP) is 3.86. The predicted molar refractivity (Wildman–Crippen MR) is 129 cm³/mol. The largest absolute Gasteiger partial charge is 0.488 e. The highest BCUT2D eigenvalue weighted by molar-refractivity contribution is 5.69. The smallest absolute Gasteiger partial charge is 0.227 e. The van der Waals surface area contributed by atoms with Crippen molar-refractivity contribution >= 4 is 23.0 Å². The van der Waals surface area contributed by atoms with Gasteiger partial charge in [0.25, 0.3) is 0 Å². The number of hydrogen-bond donors (Lipinski definition) is 2. The number of nitrogens with two attached hydrogens (primary N) is 1. The normalized spacial score (nSPS) is 17.0. The summed E-state index contributed by atoms with van der Waals surface area (Å²) in [5, 5.41) is 3.33. The van der Waals surface area contributed by atoms with Crippen molar-refractivity contribution in [3.63, 3.8) is 0 Å². The first kappa shape index (κ1) is 21.5. The molecule has 2 aromatic carbocycles. The second-order valence-corrected chi connectivity index (χ2v) is 8.22. The zero-order valence-corrected chi connectivity index (χ0v) is 18.6. The molecule has 3 N–H and O–H groups in total. The summed E-state index contributed by atoms with van der Waals surface area (Å²) >= 11 is 0. The quantitative estimate of drug-likeness (QED) is 0.550. The molecule has 1 aromatic heterocycles. The first-order valence-corrected chi connectivity index (χ1v) is 11.4. The number of nitrogens with zero attached hydrogens (tertiary/aromatic N) is 3. The Balaban J connectivity index is 1.29. The van der Waals surface area contributed by atoms with Gasteiger partial charge in [0.1, 0.15) is 11.9 Å². The molecule has 0 radical (unpaired) electrons. The molecule has 3 heterocycles. The third-order valence-electron chi connectivity index (χ3n) is 5.90. The van der Waals surface area contributed by atoms with E-state index in [0.717, 1.165) is 75.0 Å². The summed E-state index contributed by atoms with van der Waals surface area (Å²) in [5.74, 6) is 1.24. The summed E-state index contributed by atoms with van der Waals surface area (Å²) in [4.78, 5) is 11.4. The molecule has 8 heteroatoms. The monoisotopic (exact) mass is 447 g/mol. The molecule has 2 saturated heterocycles. The second kappa shape index (κ2) is 10.1. The van der Waals surface area contributed by atoms with Crippen LogP contribution in [0.4, 0.5) is 23.0 Å². The number of hydrogen-bond acceptors (Lipinski definition) is 8. The average Bonchev–Trinajstić information content (AvgIpc) is 2.87. The van der Waals surface area contributed by atoms with Crippen molar-refractivity contribution in [2.45, 2.75) is 18.9 Å². The van der Waals surface area contributed by atoms with Crippen molar-refractivity contribution < 1.29 is 14.2 Å². The van der Waals surface area contributed by atoms with Gasteiger partial charge in [-0.25, -0.2) is 9.97 Å². The number of nitrogens with one attached hydrogen (secondary N) is 1. The highest BCUT2D eigenvalue weighted by Crippen LogP contribution is 2.30. The molecule has 3 aromatic rings. The van der Waals surface area contributed by atoms with E-state index in [2.05, 4.69) is 27.3 Å². The molecule has 5 rings (SSSR count). The molecule has 0 spiro atoms. The van der Waals surface area contributed by atoms with Gasteiger partial charge in [0, 0.05) is 49.1 Å².